The first-order valence-electron chi connectivity index (χ1n) is 51.8. The van der Waals surface area contributed by atoms with Crippen LogP contribution in [-0.4, -0.2) is 96.1 Å². The van der Waals surface area contributed by atoms with Crippen molar-refractivity contribution < 1.29 is 33.0 Å². The molecule has 150 heavy (non-hydrogen) atoms. The quantitative estimate of drug-likeness (QED) is 0.0172. The van der Waals surface area contributed by atoms with Gasteiger partial charge in [0.05, 0.1) is 83.1 Å². The standard InChI is InChI=1S/C34H34FN5O2.2C30H33N5O.C30H32N4O2/c1-21-16-30(40(39-21)26-8-5-6-23(17-26)19-36)34(41)38-29-18-25(12-14-28(29)35)33(37-20-22-10-11-22)32-27-9-4-3-7-24(27)13-15-31(32)42-2;1-20-6-3-8-24(14-20)29(32-19-22-12-13-22)25-9-5-10-26(17-25)33-30(36)28-15-21(2)34-35(28)27-11-4-7-23(16-27)18-31;1-20-9-13-24(14-10-20)29(32-19-22-11-12-22)25-6-4-7-26(17-25)33-30(36)28-15-21(2)34-35(28)27-8-3-5-23(16-27)18-31;1-20-6-3-8-24(14-20)29(36-19-22-12-13-22)25-9-5-10-26(17-25)32-30(35)28-15-21(2)33-34(28)27-11-4-7-23(16-27)18-31/h3-9,12-18,22,33,37H,10-11,19-20,36H2,1-2H3,(H,38,41);3-11,14-17,22,29,32H,12-13,18-19,31H2,1-2H3,(H,33,36);3-10,13-17,22,29,32H,11-12,18-19,31H2,1-2H3,(H,33,36);3-11,14-17,22,29H,12-13,18-19,31H2,1-2H3,(H,32,35). The molecule has 4 aliphatic rings. The van der Waals surface area contributed by atoms with Crippen molar-refractivity contribution in [2.24, 2.45) is 46.6 Å². The van der Waals surface area contributed by atoms with Gasteiger partial charge in [-0.05, 0) is 343 Å². The molecule has 17 aromatic rings. The third-order valence-corrected chi connectivity index (χ3v) is 27.5. The molecule has 15 N–H and O–H groups in total. The molecular weight excluding hydrogens is 1870 g/mol. The van der Waals surface area contributed by atoms with Crippen LogP contribution in [0.3, 0.4) is 0 Å². The van der Waals surface area contributed by atoms with Gasteiger partial charge in [-0.2, -0.15) is 20.4 Å². The second-order valence-electron chi connectivity index (χ2n) is 39.9. The Hall–Kier alpha value is -15.8. The van der Waals surface area contributed by atoms with E-state index in [4.69, 9.17) is 32.4 Å². The predicted molar refractivity (Wildman–Crippen MR) is 595 cm³/mol. The number of rotatable bonds is 37. The first-order chi connectivity index (χ1) is 72.9. The fourth-order valence-electron chi connectivity index (χ4n) is 18.8. The number of aromatic nitrogens is 8. The Morgan fingerprint density at radius 1 is 0.333 bits per heavy atom. The number of methoxy groups -OCH3 is 1. The summed E-state index contributed by atoms with van der Waals surface area (Å²) in [6.45, 7) is 19.0. The second kappa shape index (κ2) is 48.5. The van der Waals surface area contributed by atoms with E-state index in [1.807, 2.05) is 191 Å². The molecule has 25 nitrogen and oxygen atoms in total. The highest BCUT2D eigenvalue weighted by atomic mass is 19.1. The Labute approximate surface area is 876 Å². The lowest BCUT2D eigenvalue weighted by Crippen LogP contribution is -2.26. The maximum absolute atomic E-state index is 15.3. The summed E-state index contributed by atoms with van der Waals surface area (Å²) in [5.41, 5.74) is 49.6. The highest BCUT2D eigenvalue weighted by molar-refractivity contribution is 6.06. The normalized spacial score (nSPS) is 13.9. The summed E-state index contributed by atoms with van der Waals surface area (Å²) in [6, 6.07) is 105. The molecule has 4 unspecified atom stereocenters. The van der Waals surface area contributed by atoms with Crippen molar-refractivity contribution >= 4 is 57.2 Å². The average Bonchev–Trinajstić information content (AvgIpc) is 1.63. The molecule has 26 heteroatoms. The fraction of sp³-hybridized carbons (Fsp3) is 0.258. The summed E-state index contributed by atoms with van der Waals surface area (Å²) in [4.78, 5) is 53.7. The molecule has 4 aromatic heterocycles. The van der Waals surface area contributed by atoms with Crippen molar-refractivity contribution in [2.45, 2.75) is 150 Å². The average molecular weight is 2000 g/mol. The number of nitrogens with two attached hydrogens (primary N) is 4. The third kappa shape index (κ3) is 26.9. The Bertz CT molecular complexity index is 7430. The number of aryl methyl sites for hydroxylation is 7. The van der Waals surface area contributed by atoms with Gasteiger partial charge in [0, 0.05) is 48.8 Å². The van der Waals surface area contributed by atoms with Crippen LogP contribution >= 0.6 is 0 Å². The lowest BCUT2D eigenvalue weighted by atomic mass is 9.92. The molecule has 13 aromatic carbocycles. The van der Waals surface area contributed by atoms with Gasteiger partial charge in [-0.3, -0.25) is 19.2 Å². The van der Waals surface area contributed by atoms with Crippen molar-refractivity contribution in [3.63, 3.8) is 0 Å². The molecule has 4 aliphatic carbocycles. The Kier molecular flexibility index (Phi) is 33.7. The van der Waals surface area contributed by atoms with Gasteiger partial charge in [0.15, 0.2) is 0 Å². The summed E-state index contributed by atoms with van der Waals surface area (Å²) >= 11 is 0. The molecule has 4 saturated carbocycles. The van der Waals surface area contributed by atoms with Crippen molar-refractivity contribution in [2.75, 3.05) is 54.6 Å². The molecule has 0 aliphatic heterocycles. The number of benzene rings is 13. The van der Waals surface area contributed by atoms with Gasteiger partial charge in [0.2, 0.25) is 0 Å². The topological polar surface area (TPSA) is 346 Å². The summed E-state index contributed by atoms with van der Waals surface area (Å²) in [7, 11) is 1.66. The molecule has 0 bridgehead atoms. The van der Waals surface area contributed by atoms with Crippen LogP contribution in [-0.2, 0) is 30.9 Å². The van der Waals surface area contributed by atoms with Gasteiger partial charge < -0.3 is 69.6 Å². The van der Waals surface area contributed by atoms with Gasteiger partial charge in [-0.1, -0.05) is 211 Å². The fourth-order valence-corrected chi connectivity index (χ4v) is 18.8. The molecule has 4 amide bonds. The summed E-state index contributed by atoms with van der Waals surface area (Å²) in [5.74, 6) is 1.93. The van der Waals surface area contributed by atoms with E-state index in [2.05, 4.69) is 194 Å². The molecule has 0 radical (unpaired) electrons. The molecule has 0 saturated heterocycles. The van der Waals surface area contributed by atoms with Gasteiger partial charge >= 0.3 is 0 Å². The van der Waals surface area contributed by atoms with Crippen molar-refractivity contribution in [3.8, 4) is 28.5 Å². The number of halogens is 1. The smallest absolute Gasteiger partial charge is 0.274 e. The van der Waals surface area contributed by atoms with Crippen molar-refractivity contribution in [1.82, 2.24) is 55.1 Å². The largest absolute Gasteiger partial charge is 0.496 e. The van der Waals surface area contributed by atoms with Crippen LogP contribution in [0.2, 0.25) is 0 Å². The number of hydrogen-bond donors (Lipinski definition) is 11. The van der Waals surface area contributed by atoms with Gasteiger partial charge in [-0.15, -0.1) is 0 Å². The Morgan fingerprint density at radius 2 is 0.680 bits per heavy atom. The molecule has 4 fully saturated rings. The van der Waals surface area contributed by atoms with Crippen LogP contribution in [0.5, 0.6) is 5.75 Å². The summed E-state index contributed by atoms with van der Waals surface area (Å²) in [6.07, 6.45) is 9.85. The SMILES string of the molecule is COc1ccc2ccccc2c1C(NCC1CC1)c1ccc(F)c(NC(=O)c2cc(C)nn2-c2cccc(CN)c2)c1.Cc1ccc(C(NCC2CC2)c2cccc(NC(=O)c3cc(C)nn3-c3cccc(CN)c3)c2)cc1.Cc1cccc(C(NCC2CC2)c2cccc(NC(=O)c3cc(C)nn3-c3cccc(CN)c3)c2)c1.Cc1cccc(C(OCC2CC2)c2cccc(NC(=O)c3cc(C)nn3-c3cccc(CN)c3)c2)c1. The first kappa shape index (κ1) is 104. The van der Waals surface area contributed by atoms with Crippen LogP contribution < -0.4 is 64.9 Å². The zero-order valence-electron chi connectivity index (χ0n) is 86.2. The van der Waals surface area contributed by atoms with E-state index in [-0.39, 0.29) is 47.6 Å². The number of nitrogens with zero attached hydrogens (tertiary/aromatic N) is 8. The molecule has 4 atom stereocenters. The Morgan fingerprint density at radius 3 is 1.09 bits per heavy atom. The zero-order chi connectivity index (χ0) is 104. The third-order valence-electron chi connectivity index (χ3n) is 27.5. The van der Waals surface area contributed by atoms with E-state index in [0.29, 0.717) is 77.9 Å². The number of amides is 4. The van der Waals surface area contributed by atoms with Gasteiger partial charge in [0.25, 0.3) is 23.6 Å². The Balaban J connectivity index is 0.000000131. The number of carbonyl (C=O) groups excluding carboxylic acids is 4. The van der Waals surface area contributed by atoms with Crippen molar-refractivity contribution in [1.29, 1.82) is 0 Å². The minimum Gasteiger partial charge on any atom is -0.496 e. The minimum atomic E-state index is -0.522. The number of ether oxygens (including phenoxy) is 2. The van der Waals surface area contributed by atoms with Crippen LogP contribution in [0.25, 0.3) is 33.5 Å². The van der Waals surface area contributed by atoms with Crippen LogP contribution in [0.4, 0.5) is 27.1 Å². The van der Waals surface area contributed by atoms with Crippen molar-refractivity contribution in [3.05, 3.63) is 456 Å². The highest BCUT2D eigenvalue weighted by Crippen LogP contribution is 2.42. The minimum absolute atomic E-state index is 0.0640. The van der Waals surface area contributed by atoms with E-state index in [0.717, 1.165) is 156 Å². The van der Waals surface area contributed by atoms with E-state index >= 15 is 4.39 Å². The lowest BCUT2D eigenvalue weighted by molar-refractivity contribution is 0.0718. The van der Waals surface area contributed by atoms with Gasteiger partial charge in [-0.25, -0.2) is 23.1 Å². The number of hydrogen-bond acceptors (Lipinski definition) is 17. The molecule has 4 heterocycles. The monoisotopic (exact) mass is 2000 g/mol. The predicted octanol–water partition coefficient (Wildman–Crippen LogP) is 22.6. The zero-order valence-corrected chi connectivity index (χ0v) is 86.2. The molecule has 21 rings (SSSR count). The first-order valence-corrected chi connectivity index (χ1v) is 51.8. The molecular formula is C124H132FN19O6. The number of fused-ring (bicyclic) bond motifs is 1. The van der Waals surface area contributed by atoms with Crippen LogP contribution in [0.15, 0.2) is 322 Å². The number of anilines is 4. The van der Waals surface area contributed by atoms with E-state index in [1.165, 1.54) is 85.3 Å². The second-order valence-corrected chi connectivity index (χ2v) is 39.9. The van der Waals surface area contributed by atoms with E-state index in [1.54, 1.807) is 62.2 Å². The van der Waals surface area contributed by atoms with Crippen LogP contribution in [0.1, 0.15) is 224 Å². The number of nitrogens with one attached hydrogen (secondary N) is 7. The van der Waals surface area contributed by atoms with E-state index in [9.17, 15) is 19.2 Å². The number of carbonyl (C=O) groups is 4. The maximum atomic E-state index is 15.3. The maximum Gasteiger partial charge on any atom is 0.274 e. The van der Waals surface area contributed by atoms with Crippen LogP contribution in [0, 0.1) is 78.0 Å². The summed E-state index contributed by atoms with van der Waals surface area (Å²) < 4.78 is 34.1. The molecule has 766 valence electrons. The lowest BCUT2D eigenvalue weighted by Gasteiger charge is -2.24. The van der Waals surface area contributed by atoms with Gasteiger partial charge in [0.1, 0.15) is 40.4 Å². The highest BCUT2D eigenvalue weighted by Gasteiger charge is 2.32. The van der Waals surface area contributed by atoms with E-state index < -0.39 is 11.7 Å². The molecule has 0 spiro atoms. The summed E-state index contributed by atoms with van der Waals surface area (Å²) in [5, 5.41) is 43.6.